The van der Waals surface area contributed by atoms with E-state index >= 15 is 0 Å². The lowest BCUT2D eigenvalue weighted by atomic mass is 10.0. The molecule has 3 aromatic rings. The molecule has 0 saturated carbocycles. The van der Waals surface area contributed by atoms with E-state index in [4.69, 9.17) is 0 Å². The van der Waals surface area contributed by atoms with E-state index < -0.39 is 0 Å². The van der Waals surface area contributed by atoms with Gasteiger partial charge in [-0.05, 0) is 37.0 Å². The summed E-state index contributed by atoms with van der Waals surface area (Å²) < 4.78 is 15.4. The highest BCUT2D eigenvalue weighted by Crippen LogP contribution is 2.19. The first-order valence-electron chi connectivity index (χ1n) is 9.80. The van der Waals surface area contributed by atoms with Crippen molar-refractivity contribution in [2.24, 2.45) is 7.05 Å². The van der Waals surface area contributed by atoms with Gasteiger partial charge >= 0.3 is 0 Å². The van der Waals surface area contributed by atoms with Crippen LogP contribution in [-0.2, 0) is 13.5 Å². The summed E-state index contributed by atoms with van der Waals surface area (Å²) in [6, 6.07) is 14.8. The van der Waals surface area contributed by atoms with Crippen LogP contribution >= 0.6 is 0 Å². The number of hydrogen-bond acceptors (Lipinski definition) is 3. The molecular weight excluding hydrogens is 355 g/mol. The molecule has 1 amide bonds. The zero-order chi connectivity index (χ0) is 19.5. The highest BCUT2D eigenvalue weighted by Gasteiger charge is 2.23. The van der Waals surface area contributed by atoms with Crippen LogP contribution in [0.2, 0.25) is 0 Å². The van der Waals surface area contributed by atoms with Gasteiger partial charge in [0.2, 0.25) is 0 Å². The van der Waals surface area contributed by atoms with Gasteiger partial charge in [-0.15, -0.1) is 0 Å². The Kier molecular flexibility index (Phi) is 5.39. The van der Waals surface area contributed by atoms with Gasteiger partial charge in [0.05, 0.1) is 5.52 Å². The number of halogens is 1. The maximum atomic E-state index is 13.8. The molecule has 0 atom stereocenters. The molecule has 1 aliphatic rings. The molecule has 5 nitrogen and oxygen atoms in total. The van der Waals surface area contributed by atoms with Gasteiger partial charge < -0.3 is 10.2 Å². The van der Waals surface area contributed by atoms with Gasteiger partial charge in [-0.2, -0.15) is 5.10 Å². The molecular formula is C22H25FN4O. The summed E-state index contributed by atoms with van der Waals surface area (Å²) in [5, 5.41) is 8.47. The zero-order valence-electron chi connectivity index (χ0n) is 16.1. The number of carbonyl (C=O) groups excluding carboxylic acids is 1. The number of aryl methyl sites for hydroxylation is 1. The lowest BCUT2D eigenvalue weighted by molar-refractivity contribution is 0.0903. The summed E-state index contributed by atoms with van der Waals surface area (Å²) in [6.45, 7) is 2.66. The molecule has 0 spiro atoms. The van der Waals surface area contributed by atoms with Crippen molar-refractivity contribution in [2.75, 3.05) is 19.6 Å². The van der Waals surface area contributed by atoms with Gasteiger partial charge in [0.25, 0.3) is 5.91 Å². The molecule has 146 valence electrons. The first-order valence-corrected chi connectivity index (χ1v) is 9.80. The summed E-state index contributed by atoms with van der Waals surface area (Å²) in [4.78, 5) is 15.2. The van der Waals surface area contributed by atoms with E-state index in [1.165, 1.54) is 6.07 Å². The standard InChI is InChI=1S/C22H25FN4O/c1-26-21(18-7-3-5-9-20(18)25-26)22(28)24-17-11-14-27(15-12-17)13-10-16-6-2-4-8-19(16)23/h2-9,17H,10-15H2,1H3,(H,24,28). The third-order valence-corrected chi connectivity index (χ3v) is 5.53. The van der Waals surface area contributed by atoms with Crippen molar-refractivity contribution >= 4 is 16.8 Å². The number of hydrogen-bond donors (Lipinski definition) is 1. The van der Waals surface area contributed by atoms with Crippen molar-refractivity contribution in [3.05, 3.63) is 65.6 Å². The average Bonchev–Trinajstić information content (AvgIpc) is 3.04. The van der Waals surface area contributed by atoms with Crippen LogP contribution in [0.1, 0.15) is 28.9 Å². The largest absolute Gasteiger partial charge is 0.348 e. The van der Waals surface area contributed by atoms with E-state index in [1.54, 1.807) is 17.8 Å². The summed E-state index contributed by atoms with van der Waals surface area (Å²) >= 11 is 0. The van der Waals surface area contributed by atoms with Crippen molar-refractivity contribution in [1.82, 2.24) is 20.0 Å². The quantitative estimate of drug-likeness (QED) is 0.740. The minimum atomic E-state index is -0.131. The second kappa shape index (κ2) is 8.10. The van der Waals surface area contributed by atoms with Crippen LogP contribution in [0, 0.1) is 5.82 Å². The van der Waals surface area contributed by atoms with Gasteiger partial charge in [-0.3, -0.25) is 9.48 Å². The van der Waals surface area contributed by atoms with Gasteiger partial charge in [-0.1, -0.05) is 36.4 Å². The maximum Gasteiger partial charge on any atom is 0.270 e. The Morgan fingerprint density at radius 2 is 1.86 bits per heavy atom. The zero-order valence-corrected chi connectivity index (χ0v) is 16.1. The number of rotatable bonds is 5. The van der Waals surface area contributed by atoms with Gasteiger partial charge in [-0.25, -0.2) is 4.39 Å². The molecule has 4 rings (SSSR count). The van der Waals surface area contributed by atoms with Gasteiger partial charge in [0.1, 0.15) is 11.5 Å². The molecule has 1 N–H and O–H groups in total. The maximum absolute atomic E-state index is 13.8. The molecule has 2 aromatic carbocycles. The lowest BCUT2D eigenvalue weighted by Crippen LogP contribution is -2.45. The summed E-state index contributed by atoms with van der Waals surface area (Å²) in [7, 11) is 1.81. The molecule has 1 saturated heterocycles. The second-order valence-corrected chi connectivity index (χ2v) is 7.42. The summed E-state index contributed by atoms with van der Waals surface area (Å²) in [5.41, 5.74) is 2.21. The van der Waals surface area contributed by atoms with Crippen LogP contribution in [0.4, 0.5) is 4.39 Å². The topological polar surface area (TPSA) is 50.2 Å². The molecule has 0 radical (unpaired) electrons. The van der Waals surface area contributed by atoms with Gasteiger partial charge in [0, 0.05) is 38.1 Å². The van der Waals surface area contributed by atoms with E-state index in [1.807, 2.05) is 36.4 Å². The predicted molar refractivity (Wildman–Crippen MR) is 108 cm³/mol. The van der Waals surface area contributed by atoms with Crippen molar-refractivity contribution in [2.45, 2.75) is 25.3 Å². The Bertz CT molecular complexity index is 976. The number of aromatic nitrogens is 2. The first-order chi connectivity index (χ1) is 13.6. The van der Waals surface area contributed by atoms with E-state index in [2.05, 4.69) is 15.3 Å². The highest BCUT2D eigenvalue weighted by atomic mass is 19.1. The summed E-state index contributed by atoms with van der Waals surface area (Å²) in [5.74, 6) is -0.200. The molecule has 28 heavy (non-hydrogen) atoms. The fourth-order valence-electron chi connectivity index (χ4n) is 3.95. The van der Waals surface area contributed by atoms with Crippen LogP contribution in [0.25, 0.3) is 10.9 Å². The SMILES string of the molecule is Cn1nc2ccccc2c1C(=O)NC1CCN(CCc2ccccc2F)CC1. The molecule has 2 heterocycles. The molecule has 1 aromatic heterocycles. The Morgan fingerprint density at radius 1 is 1.14 bits per heavy atom. The minimum absolute atomic E-state index is 0.0685. The average molecular weight is 380 g/mol. The number of benzene rings is 2. The van der Waals surface area contributed by atoms with Crippen molar-refractivity contribution < 1.29 is 9.18 Å². The van der Waals surface area contributed by atoms with Gasteiger partial charge in [0.15, 0.2) is 0 Å². The van der Waals surface area contributed by atoms with Crippen molar-refractivity contribution in [3.8, 4) is 0 Å². The molecule has 0 aliphatic carbocycles. The smallest absolute Gasteiger partial charge is 0.270 e. The minimum Gasteiger partial charge on any atom is -0.348 e. The number of nitrogens with one attached hydrogen (secondary N) is 1. The fourth-order valence-corrected chi connectivity index (χ4v) is 3.95. The van der Waals surface area contributed by atoms with E-state index in [0.29, 0.717) is 12.1 Å². The number of piperidine rings is 1. The third-order valence-electron chi connectivity index (χ3n) is 5.53. The number of fused-ring (bicyclic) bond motifs is 1. The molecule has 6 heteroatoms. The van der Waals surface area contributed by atoms with E-state index in [-0.39, 0.29) is 17.8 Å². The van der Waals surface area contributed by atoms with Crippen LogP contribution in [-0.4, -0.2) is 46.3 Å². The van der Waals surface area contributed by atoms with E-state index in [9.17, 15) is 9.18 Å². The van der Waals surface area contributed by atoms with Crippen LogP contribution in [0.3, 0.4) is 0 Å². The highest BCUT2D eigenvalue weighted by molar-refractivity contribution is 6.05. The van der Waals surface area contributed by atoms with Crippen LogP contribution < -0.4 is 5.32 Å². The Hall–Kier alpha value is -2.73. The Morgan fingerprint density at radius 3 is 2.64 bits per heavy atom. The lowest BCUT2D eigenvalue weighted by Gasteiger charge is -2.32. The van der Waals surface area contributed by atoms with Crippen molar-refractivity contribution in [1.29, 1.82) is 0 Å². The number of amides is 1. The van der Waals surface area contributed by atoms with E-state index in [0.717, 1.165) is 48.9 Å². The fraction of sp³-hybridized carbons (Fsp3) is 0.364. The normalized spacial score (nSPS) is 15.8. The van der Waals surface area contributed by atoms with Crippen LogP contribution in [0.15, 0.2) is 48.5 Å². The van der Waals surface area contributed by atoms with Crippen LogP contribution in [0.5, 0.6) is 0 Å². The Balaban J connectivity index is 1.31. The number of likely N-dealkylation sites (tertiary alicyclic amines) is 1. The second-order valence-electron chi connectivity index (χ2n) is 7.42. The predicted octanol–water partition coefficient (Wildman–Crippen LogP) is 3.15. The summed E-state index contributed by atoms with van der Waals surface area (Å²) in [6.07, 6.45) is 2.52. The first kappa shape index (κ1) is 18.6. The monoisotopic (exact) mass is 380 g/mol. The molecule has 1 aliphatic heterocycles. The number of carbonyl (C=O) groups is 1. The molecule has 0 bridgehead atoms. The van der Waals surface area contributed by atoms with Crippen molar-refractivity contribution in [3.63, 3.8) is 0 Å². The number of nitrogens with zero attached hydrogens (tertiary/aromatic N) is 3. The third kappa shape index (κ3) is 3.92. The Labute approximate surface area is 164 Å². The molecule has 1 fully saturated rings. The molecule has 0 unspecified atom stereocenters.